The Balaban J connectivity index is 0.00000169. The van der Waals surface area contributed by atoms with Crippen LogP contribution < -0.4 is 14.8 Å². The van der Waals surface area contributed by atoms with Gasteiger partial charge in [-0.15, -0.1) is 0 Å². The molecule has 0 bridgehead atoms. The van der Waals surface area contributed by atoms with Crippen molar-refractivity contribution in [1.82, 2.24) is 5.32 Å². The number of carbonyl (C=O) groups is 4. The zero-order valence-corrected chi connectivity index (χ0v) is 54.7. The van der Waals surface area contributed by atoms with Crippen molar-refractivity contribution in [3.8, 4) is 11.5 Å². The number of rotatable bonds is 42. The molecule has 0 spiro atoms. The van der Waals surface area contributed by atoms with E-state index >= 15 is 0 Å². The van der Waals surface area contributed by atoms with Gasteiger partial charge in [-0.2, -0.15) is 11.1 Å². The molecule has 0 unspecified atom stereocenters. The van der Waals surface area contributed by atoms with Crippen molar-refractivity contribution in [1.29, 1.82) is 11.1 Å². The summed E-state index contributed by atoms with van der Waals surface area (Å²) in [6.07, 6.45) is 5.58. The van der Waals surface area contributed by atoms with E-state index in [-0.39, 0.29) is 17.6 Å². The molecule has 64 nitrogen and oxygen atoms in total. The Morgan fingerprint density at radius 3 is 0.904 bits per heavy atom. The van der Waals surface area contributed by atoms with Crippen molar-refractivity contribution in [2.24, 2.45) is 272 Å². The molecule has 0 saturated carbocycles. The summed E-state index contributed by atoms with van der Waals surface area (Å²) in [5, 5.41) is 157. The van der Waals surface area contributed by atoms with Crippen LogP contribution in [-0.4, -0.2) is 64.4 Å². The molecule has 542 valence electrons. The number of hydrogen-bond donors (Lipinski definition) is 3. The van der Waals surface area contributed by atoms with Crippen LogP contribution in [0.3, 0.4) is 0 Å². The molecule has 66 heteroatoms. The minimum Gasteiger partial charge on any atom is -0.494 e. The first-order valence-electron chi connectivity index (χ1n) is 26.4. The lowest BCUT2D eigenvalue weighted by Gasteiger charge is -2.09. The SMILES string of the molecule is C=CC(=O)OCCCCOC.C=CC(=O)OCCCCOc1ccc(C(=O)NC)cc1.Cc1ccc(C(=O)Oc2c(Cl)cc(C)cc2Cl)cc1.N=N/N=N/N=N/N=N/N=N/N=N/N=N/N=N/N=N/N=N/N=N/N=N/N=N/N=N/N=N/N=N/N=N/N=N/N=N/N=N/N=N/N=N/N=N/N=N/N=N/N=N/N=N. The maximum atomic E-state index is 12.0. The fraction of sp³-hybridized carbons (Fsp3) is 0.316. The predicted octanol–water partition coefficient (Wildman–Crippen LogP) is 18.0. The van der Waals surface area contributed by atoms with Crippen molar-refractivity contribution in [2.75, 3.05) is 40.6 Å². The van der Waals surface area contributed by atoms with E-state index in [1.807, 2.05) is 26.0 Å². The highest BCUT2D eigenvalue weighted by molar-refractivity contribution is 6.37. The summed E-state index contributed by atoms with van der Waals surface area (Å²) in [7, 11) is 3.24. The van der Waals surface area contributed by atoms with Crippen molar-refractivity contribution in [2.45, 2.75) is 39.5 Å². The van der Waals surface area contributed by atoms with Crippen LogP contribution in [0.5, 0.6) is 11.5 Å². The topological polar surface area (TPSA) is 817 Å². The van der Waals surface area contributed by atoms with Crippen LogP contribution in [0.2, 0.25) is 10.0 Å². The normalized spacial score (nSPS) is 12.6. The zero-order chi connectivity index (χ0) is 76.1. The average Bonchev–Trinajstić information content (AvgIpc) is 0.838. The van der Waals surface area contributed by atoms with Gasteiger partial charge in [-0.05, 0) is 177 Å². The Morgan fingerprint density at radius 1 is 0.385 bits per heavy atom. The molecular formula is C38H47Cl2N55O9. The third kappa shape index (κ3) is 56.9. The summed E-state index contributed by atoms with van der Waals surface area (Å²) in [6.45, 7) is 12.5. The van der Waals surface area contributed by atoms with E-state index in [9.17, 15) is 19.2 Å². The Kier molecular flexibility index (Phi) is 57.5. The molecule has 0 aliphatic rings. The fourth-order valence-electron chi connectivity index (χ4n) is 4.58. The van der Waals surface area contributed by atoms with E-state index in [0.29, 0.717) is 53.3 Å². The molecular weight excluding hydrogens is 1440 g/mol. The van der Waals surface area contributed by atoms with Gasteiger partial charge in [-0.25, -0.2) is 14.4 Å². The van der Waals surface area contributed by atoms with Gasteiger partial charge in [0.2, 0.25) is 0 Å². The van der Waals surface area contributed by atoms with Crippen LogP contribution >= 0.6 is 23.2 Å². The largest absolute Gasteiger partial charge is 0.494 e. The molecule has 0 fully saturated rings. The quantitative estimate of drug-likeness (QED) is 0.0121. The monoisotopic (exact) mass is 1490 g/mol. The van der Waals surface area contributed by atoms with Gasteiger partial charge in [0.15, 0.2) is 5.75 Å². The fourth-order valence-corrected chi connectivity index (χ4v) is 5.25. The predicted molar refractivity (Wildman–Crippen MR) is 327 cm³/mol. The Morgan fingerprint density at radius 2 is 0.644 bits per heavy atom. The van der Waals surface area contributed by atoms with E-state index in [0.717, 1.165) is 49.0 Å². The number of aryl methyl sites for hydroxylation is 2. The number of benzene rings is 3. The number of methoxy groups -OCH3 is 1. The lowest BCUT2D eigenvalue weighted by Crippen LogP contribution is -2.17. The molecule has 0 atom stereocenters. The number of halogens is 2. The average molecular weight is 1490 g/mol. The van der Waals surface area contributed by atoms with E-state index in [2.05, 4.69) is 290 Å². The standard InChI is InChI=1S/C15H12Cl2O2.C15H19NO4.C8H14O3.H2N54/c1-9-3-5-11(6-4-9)15(18)19-14-12(16)7-10(2)8-13(14)17;1-3-14(17)20-11-5-4-10-19-13-8-6-12(7-9-13)15(18)16-2;1-3-8(9)11-7-5-4-6-10-2;1-3-5-7-9-11-13-15-17-19-21-23-25-27-29-31-33-35-37-39-41-43-45-47-49-51-53-54-52-50-48-46-44-42-40-38-36-34-32-30-28-26-24-22-20-18-16-14-12-10-8-6-4-2/h3-8H,1-2H3;3,6-9H,1,4-5,10-11H2,2H3,(H,16,18);3H,1,4-7H2,2H3;1-2H/b;;;3-1?,4-2?,7-5+,8-6+,11-9+,12-10+,15-13+,16-14+,19-17+,20-18+,23-21+,24-22+,27-25+,28-26+,31-29+,32-30+,35-33+,36-34+,39-37+,40-38+,43-41+,44-42+,47-45+,48-46+,51-49+,52-50+,54-53+. The molecule has 3 aromatic carbocycles. The smallest absolute Gasteiger partial charge is 0.343 e. The van der Waals surface area contributed by atoms with E-state index in [4.69, 9.17) is 57.9 Å². The maximum absolute atomic E-state index is 12.0. The van der Waals surface area contributed by atoms with Crippen molar-refractivity contribution in [3.63, 3.8) is 0 Å². The molecule has 0 aromatic heterocycles. The molecule has 0 radical (unpaired) electrons. The number of ether oxygens (including phenoxy) is 5. The first kappa shape index (κ1) is 88.6. The molecule has 0 saturated heterocycles. The van der Waals surface area contributed by atoms with Gasteiger partial charge in [-0.1, -0.05) is 54.1 Å². The van der Waals surface area contributed by atoms with E-state index in [1.165, 1.54) is 0 Å². The molecule has 3 aromatic rings. The highest BCUT2D eigenvalue weighted by Crippen LogP contribution is 2.34. The first-order valence-corrected chi connectivity index (χ1v) is 27.1. The molecule has 104 heavy (non-hydrogen) atoms. The molecule has 0 aliphatic carbocycles. The molecule has 0 aliphatic heterocycles. The molecule has 3 N–H and O–H groups in total. The van der Waals surface area contributed by atoms with Crippen LogP contribution in [0.15, 0.2) is 358 Å². The van der Waals surface area contributed by atoms with Gasteiger partial charge in [-0.3, -0.25) is 4.79 Å². The molecule has 3 rings (SSSR count). The maximum Gasteiger partial charge on any atom is 0.343 e. The second-order valence-corrected chi connectivity index (χ2v) is 15.9. The lowest BCUT2D eigenvalue weighted by atomic mass is 10.1. The summed E-state index contributed by atoms with van der Waals surface area (Å²) in [5.41, 5.74) is 15.5. The summed E-state index contributed by atoms with van der Waals surface area (Å²) < 4.78 is 25.2. The minimum atomic E-state index is -0.479. The van der Waals surface area contributed by atoms with E-state index < -0.39 is 11.9 Å². The van der Waals surface area contributed by atoms with Crippen LogP contribution in [0.4, 0.5) is 0 Å². The van der Waals surface area contributed by atoms with Crippen LogP contribution in [-0.2, 0) is 23.8 Å². The Labute approximate surface area is 586 Å². The number of hydrogen-bond acceptors (Lipinski definition) is 11. The number of amides is 1. The number of nitrogens with zero attached hydrogens (tertiary/aromatic N) is 52. The van der Waals surface area contributed by atoms with Crippen molar-refractivity contribution in [3.05, 3.63) is 118 Å². The van der Waals surface area contributed by atoms with Gasteiger partial charge in [0.05, 0.1) is 35.4 Å². The van der Waals surface area contributed by atoms with Gasteiger partial charge in [0.1, 0.15) is 5.75 Å². The minimum absolute atomic E-state index is 0.124. The van der Waals surface area contributed by atoms with Gasteiger partial charge >= 0.3 is 17.9 Å². The highest BCUT2D eigenvalue weighted by Gasteiger charge is 2.15. The van der Waals surface area contributed by atoms with Gasteiger partial charge in [0, 0.05) is 227 Å². The molecule has 1 amide bonds. The van der Waals surface area contributed by atoms with Crippen LogP contribution in [0.1, 0.15) is 57.5 Å². The van der Waals surface area contributed by atoms with Crippen LogP contribution in [0.25, 0.3) is 0 Å². The number of esters is 3. The Bertz CT molecular complexity index is 3700. The first-order chi connectivity index (χ1) is 50.9. The third-order valence-electron chi connectivity index (χ3n) is 8.39. The lowest BCUT2D eigenvalue weighted by molar-refractivity contribution is -0.138. The van der Waals surface area contributed by atoms with E-state index in [1.54, 1.807) is 62.7 Å². The molecule has 0 heterocycles. The number of carbonyl (C=O) groups excluding carboxylic acids is 4. The van der Waals surface area contributed by atoms with Crippen molar-refractivity contribution >= 4 is 47.0 Å². The van der Waals surface area contributed by atoms with Gasteiger partial charge in [0.25, 0.3) is 5.91 Å². The summed E-state index contributed by atoms with van der Waals surface area (Å²) in [4.78, 5) is 44.6. The highest BCUT2D eigenvalue weighted by atomic mass is 35.5. The zero-order valence-electron chi connectivity index (χ0n) is 53.2. The third-order valence-corrected chi connectivity index (χ3v) is 8.95. The Hall–Kier alpha value is -15.4. The number of nitrogens with one attached hydrogen (secondary N) is 3. The van der Waals surface area contributed by atoms with Crippen molar-refractivity contribution < 1.29 is 42.9 Å². The van der Waals surface area contributed by atoms with Gasteiger partial charge < -0.3 is 29.0 Å². The second kappa shape index (κ2) is 67.5. The summed E-state index contributed by atoms with van der Waals surface area (Å²) >= 11 is 12.1. The number of unbranched alkanes of at least 4 members (excludes halogenated alkanes) is 2. The summed E-state index contributed by atoms with van der Waals surface area (Å²) in [6, 6.07) is 17.4. The van der Waals surface area contributed by atoms with Crippen LogP contribution in [0, 0.1) is 24.9 Å². The summed E-state index contributed by atoms with van der Waals surface area (Å²) in [5.74, 6) is -0.466. The second-order valence-electron chi connectivity index (χ2n) is 15.1.